The fourth-order valence-corrected chi connectivity index (χ4v) is 2.73. The van der Waals surface area contributed by atoms with Crippen LogP contribution in [0, 0.1) is 0 Å². The summed E-state index contributed by atoms with van der Waals surface area (Å²) in [5.41, 5.74) is 0.978. The summed E-state index contributed by atoms with van der Waals surface area (Å²) in [5.74, 6) is 0.798. The maximum atomic E-state index is 12.5. The lowest BCUT2D eigenvalue weighted by atomic mass is 10.0. The Balaban J connectivity index is 1.70. The third kappa shape index (κ3) is 2.75. The van der Waals surface area contributed by atoms with Crippen molar-refractivity contribution in [3.05, 3.63) is 17.8 Å². The van der Waals surface area contributed by atoms with Gasteiger partial charge in [0.25, 0.3) is 0 Å². The normalized spacial score (nSPS) is 28.2. The number of rotatable bonds is 2. The molecule has 3 unspecified atom stereocenters. The van der Waals surface area contributed by atoms with Gasteiger partial charge in [-0.2, -0.15) is 5.10 Å². The molecule has 1 aliphatic carbocycles. The molecule has 0 bridgehead atoms. The number of urea groups is 1. The van der Waals surface area contributed by atoms with Crippen molar-refractivity contribution in [2.24, 2.45) is 0 Å². The lowest BCUT2D eigenvalue weighted by Crippen LogP contribution is -2.65. The van der Waals surface area contributed by atoms with Crippen LogP contribution in [-0.4, -0.2) is 45.2 Å². The minimum atomic E-state index is -0.509. The molecule has 7 heteroatoms. The number of carbonyl (C=O) groups excluding carboxylic acids is 2. The minimum Gasteiger partial charge on any atom is -0.350 e. The Morgan fingerprint density at radius 2 is 2.00 bits per heavy atom. The molecule has 2 N–H and O–H groups in total. The third-order valence-electron chi connectivity index (χ3n) is 4.48. The second-order valence-corrected chi connectivity index (χ2v) is 6.17. The van der Waals surface area contributed by atoms with Crippen LogP contribution in [-0.2, 0) is 4.79 Å². The van der Waals surface area contributed by atoms with E-state index in [1.807, 2.05) is 19.9 Å². The van der Waals surface area contributed by atoms with Crippen molar-refractivity contribution in [1.29, 1.82) is 0 Å². The molecule has 3 atom stereocenters. The Bertz CT molecular complexity index is 584. The SMILES string of the molecule is CC1NC(=O)C(C)N(C(=O)Nc2ccc(C3CC3)nn2)C1C. The Hall–Kier alpha value is -2.18. The van der Waals surface area contributed by atoms with Crippen LogP contribution in [0.15, 0.2) is 12.1 Å². The molecule has 1 saturated carbocycles. The smallest absolute Gasteiger partial charge is 0.324 e. The van der Waals surface area contributed by atoms with E-state index in [0.29, 0.717) is 11.7 Å². The van der Waals surface area contributed by atoms with E-state index in [2.05, 4.69) is 20.8 Å². The van der Waals surface area contributed by atoms with Gasteiger partial charge in [0.05, 0.1) is 11.7 Å². The number of nitrogens with one attached hydrogen (secondary N) is 2. The van der Waals surface area contributed by atoms with Gasteiger partial charge in [-0.25, -0.2) is 4.79 Å². The lowest BCUT2D eigenvalue weighted by molar-refractivity contribution is -0.129. The summed E-state index contributed by atoms with van der Waals surface area (Å²) in [6, 6.07) is 2.66. The van der Waals surface area contributed by atoms with Gasteiger partial charge in [0, 0.05) is 12.0 Å². The van der Waals surface area contributed by atoms with E-state index >= 15 is 0 Å². The highest BCUT2D eigenvalue weighted by molar-refractivity contribution is 5.94. The molecule has 1 aromatic heterocycles. The largest absolute Gasteiger partial charge is 0.350 e. The minimum absolute atomic E-state index is 0.0854. The molecule has 2 heterocycles. The zero-order valence-electron chi connectivity index (χ0n) is 13.0. The summed E-state index contributed by atoms with van der Waals surface area (Å²) in [4.78, 5) is 25.9. The summed E-state index contributed by atoms with van der Waals surface area (Å²) < 4.78 is 0. The van der Waals surface area contributed by atoms with Gasteiger partial charge in [0.2, 0.25) is 5.91 Å². The van der Waals surface area contributed by atoms with Gasteiger partial charge in [-0.3, -0.25) is 10.1 Å². The second kappa shape index (κ2) is 5.55. The summed E-state index contributed by atoms with van der Waals surface area (Å²) in [5, 5.41) is 13.8. The van der Waals surface area contributed by atoms with E-state index in [1.165, 1.54) is 0 Å². The third-order valence-corrected chi connectivity index (χ3v) is 4.48. The highest BCUT2D eigenvalue weighted by atomic mass is 16.2. The average molecular weight is 303 g/mol. The fraction of sp³-hybridized carbons (Fsp3) is 0.600. The molecule has 1 aromatic rings. The number of anilines is 1. The van der Waals surface area contributed by atoms with Crippen molar-refractivity contribution < 1.29 is 9.59 Å². The number of nitrogens with zero attached hydrogens (tertiary/aromatic N) is 3. The first kappa shape index (κ1) is 14.7. The van der Waals surface area contributed by atoms with Gasteiger partial charge in [0.15, 0.2) is 5.82 Å². The number of aromatic nitrogens is 2. The van der Waals surface area contributed by atoms with E-state index in [0.717, 1.165) is 18.5 Å². The van der Waals surface area contributed by atoms with Crippen LogP contribution in [0.4, 0.5) is 10.6 Å². The fourth-order valence-electron chi connectivity index (χ4n) is 2.73. The highest BCUT2D eigenvalue weighted by Gasteiger charge is 2.38. The Kier molecular flexibility index (Phi) is 3.72. The first-order chi connectivity index (χ1) is 10.5. The standard InChI is InChI=1S/C15H21N5O2/c1-8-9(2)20(10(3)14(21)16-8)15(22)17-13-7-6-12(18-19-13)11-4-5-11/h6-11H,4-5H2,1-3H3,(H,16,21)(H,17,19,22). The van der Waals surface area contributed by atoms with Crippen molar-refractivity contribution in [1.82, 2.24) is 20.4 Å². The van der Waals surface area contributed by atoms with Gasteiger partial charge >= 0.3 is 6.03 Å². The first-order valence-corrected chi connectivity index (χ1v) is 7.70. The maximum Gasteiger partial charge on any atom is 0.324 e. The molecule has 2 fully saturated rings. The number of hydrogen-bond acceptors (Lipinski definition) is 4. The van der Waals surface area contributed by atoms with Crippen LogP contribution in [0.25, 0.3) is 0 Å². The quantitative estimate of drug-likeness (QED) is 0.866. The van der Waals surface area contributed by atoms with Crippen LogP contribution < -0.4 is 10.6 Å². The zero-order valence-corrected chi connectivity index (χ0v) is 13.0. The number of piperazine rings is 1. The Labute approximate surface area is 129 Å². The molecular weight excluding hydrogens is 282 g/mol. The van der Waals surface area contributed by atoms with Crippen molar-refractivity contribution in [3.8, 4) is 0 Å². The topological polar surface area (TPSA) is 87.2 Å². The second-order valence-electron chi connectivity index (χ2n) is 6.17. The molecule has 3 rings (SSSR count). The molecule has 3 amide bonds. The monoisotopic (exact) mass is 303 g/mol. The van der Waals surface area contributed by atoms with E-state index in [9.17, 15) is 9.59 Å². The number of carbonyl (C=O) groups is 2. The van der Waals surface area contributed by atoms with Gasteiger partial charge in [-0.1, -0.05) is 0 Å². The molecule has 7 nitrogen and oxygen atoms in total. The summed E-state index contributed by atoms with van der Waals surface area (Å²) >= 11 is 0. The van der Waals surface area contributed by atoms with Gasteiger partial charge in [0.1, 0.15) is 6.04 Å². The molecule has 0 radical (unpaired) electrons. The zero-order chi connectivity index (χ0) is 15.9. The maximum absolute atomic E-state index is 12.5. The van der Waals surface area contributed by atoms with Crippen molar-refractivity contribution in [2.75, 3.05) is 5.32 Å². The number of amides is 3. The molecule has 22 heavy (non-hydrogen) atoms. The van der Waals surface area contributed by atoms with Gasteiger partial charge in [-0.05, 0) is 45.7 Å². The van der Waals surface area contributed by atoms with Gasteiger partial charge < -0.3 is 10.2 Å². The van der Waals surface area contributed by atoms with Crippen molar-refractivity contribution in [2.45, 2.75) is 57.7 Å². The Morgan fingerprint density at radius 3 is 2.59 bits per heavy atom. The van der Waals surface area contributed by atoms with E-state index in [4.69, 9.17) is 0 Å². The Morgan fingerprint density at radius 1 is 1.27 bits per heavy atom. The lowest BCUT2D eigenvalue weighted by Gasteiger charge is -2.41. The van der Waals surface area contributed by atoms with E-state index in [1.54, 1.807) is 17.9 Å². The van der Waals surface area contributed by atoms with Crippen LogP contribution in [0.3, 0.4) is 0 Å². The predicted molar refractivity (Wildman–Crippen MR) is 81.4 cm³/mol. The first-order valence-electron chi connectivity index (χ1n) is 7.70. The molecule has 1 aliphatic heterocycles. The van der Waals surface area contributed by atoms with Gasteiger partial charge in [-0.15, -0.1) is 5.10 Å². The number of hydrogen-bond donors (Lipinski definition) is 2. The van der Waals surface area contributed by atoms with Crippen molar-refractivity contribution >= 4 is 17.8 Å². The van der Waals surface area contributed by atoms with Crippen LogP contribution in [0.5, 0.6) is 0 Å². The molecule has 0 spiro atoms. The summed E-state index contributed by atoms with van der Waals surface area (Å²) in [6.07, 6.45) is 2.33. The van der Waals surface area contributed by atoms with Crippen LogP contribution in [0.1, 0.15) is 45.2 Å². The summed E-state index contributed by atoms with van der Waals surface area (Å²) in [6.45, 7) is 5.53. The average Bonchev–Trinajstić information content (AvgIpc) is 3.31. The molecule has 1 saturated heterocycles. The molecule has 0 aromatic carbocycles. The van der Waals surface area contributed by atoms with E-state index in [-0.39, 0.29) is 24.0 Å². The predicted octanol–water partition coefficient (Wildman–Crippen LogP) is 1.48. The molecule has 118 valence electrons. The van der Waals surface area contributed by atoms with E-state index < -0.39 is 6.04 Å². The molecular formula is C15H21N5O2. The molecule has 2 aliphatic rings. The van der Waals surface area contributed by atoms with Crippen LogP contribution >= 0.6 is 0 Å². The van der Waals surface area contributed by atoms with Crippen LogP contribution in [0.2, 0.25) is 0 Å². The summed E-state index contributed by atoms with van der Waals surface area (Å²) in [7, 11) is 0. The highest BCUT2D eigenvalue weighted by Crippen LogP contribution is 2.38. The van der Waals surface area contributed by atoms with Crippen molar-refractivity contribution in [3.63, 3.8) is 0 Å².